The SMILES string of the molecule is CCn1cc(NC(=O)NCC[C@@H]2CCC(=O)N2CCN(C)C)cn1. The largest absolute Gasteiger partial charge is 0.338 e. The van der Waals surface area contributed by atoms with E-state index >= 15 is 0 Å². The minimum absolute atomic E-state index is 0.221. The molecule has 1 aromatic rings. The van der Waals surface area contributed by atoms with Gasteiger partial charge in [0.2, 0.25) is 5.91 Å². The number of likely N-dealkylation sites (tertiary alicyclic amines) is 1. The number of hydrogen-bond acceptors (Lipinski definition) is 4. The average Bonchev–Trinajstić information content (AvgIpc) is 3.12. The number of carbonyl (C=O) groups is 2. The fourth-order valence-corrected chi connectivity index (χ4v) is 2.84. The second kappa shape index (κ2) is 8.68. The molecule has 0 radical (unpaired) electrons. The molecule has 8 heteroatoms. The quantitative estimate of drug-likeness (QED) is 0.741. The molecule has 2 rings (SSSR count). The van der Waals surface area contributed by atoms with Crippen molar-refractivity contribution in [1.82, 2.24) is 24.9 Å². The average molecular weight is 336 g/mol. The first kappa shape index (κ1) is 18.3. The molecule has 134 valence electrons. The number of rotatable bonds is 8. The van der Waals surface area contributed by atoms with Crippen LogP contribution in [0.5, 0.6) is 0 Å². The Balaban J connectivity index is 1.72. The van der Waals surface area contributed by atoms with Crippen molar-refractivity contribution < 1.29 is 9.59 Å². The van der Waals surface area contributed by atoms with Crippen LogP contribution in [-0.4, -0.2) is 71.3 Å². The third kappa shape index (κ3) is 5.23. The maximum Gasteiger partial charge on any atom is 0.319 e. The molecule has 1 aliphatic rings. The molecule has 3 amide bonds. The molecule has 2 N–H and O–H groups in total. The fourth-order valence-electron chi connectivity index (χ4n) is 2.84. The van der Waals surface area contributed by atoms with E-state index < -0.39 is 0 Å². The van der Waals surface area contributed by atoms with E-state index in [0.29, 0.717) is 18.7 Å². The van der Waals surface area contributed by atoms with E-state index in [-0.39, 0.29) is 18.0 Å². The summed E-state index contributed by atoms with van der Waals surface area (Å²) in [4.78, 5) is 27.9. The van der Waals surface area contributed by atoms with Gasteiger partial charge in [-0.05, 0) is 33.9 Å². The van der Waals surface area contributed by atoms with Gasteiger partial charge in [0.1, 0.15) is 0 Å². The molecule has 1 atom stereocenters. The number of nitrogens with zero attached hydrogens (tertiary/aromatic N) is 4. The minimum atomic E-state index is -0.241. The van der Waals surface area contributed by atoms with Crippen molar-refractivity contribution in [3.8, 4) is 0 Å². The van der Waals surface area contributed by atoms with Gasteiger partial charge in [0.05, 0.1) is 11.9 Å². The minimum Gasteiger partial charge on any atom is -0.338 e. The van der Waals surface area contributed by atoms with Crippen LogP contribution in [0, 0.1) is 0 Å². The Bertz CT molecular complexity index is 557. The van der Waals surface area contributed by atoms with Crippen LogP contribution in [0.4, 0.5) is 10.5 Å². The first-order chi connectivity index (χ1) is 11.5. The predicted molar refractivity (Wildman–Crippen MR) is 92.8 cm³/mol. The Morgan fingerprint density at radius 3 is 2.92 bits per heavy atom. The molecular weight excluding hydrogens is 308 g/mol. The number of nitrogens with one attached hydrogen (secondary N) is 2. The molecule has 1 aliphatic heterocycles. The Kier molecular flexibility index (Phi) is 6.60. The Hall–Kier alpha value is -2.09. The number of aryl methyl sites for hydroxylation is 1. The summed E-state index contributed by atoms with van der Waals surface area (Å²) in [5.74, 6) is 0.221. The lowest BCUT2D eigenvalue weighted by molar-refractivity contribution is -0.129. The maximum atomic E-state index is 12.0. The van der Waals surface area contributed by atoms with Crippen LogP contribution in [0.2, 0.25) is 0 Å². The Morgan fingerprint density at radius 2 is 2.25 bits per heavy atom. The zero-order valence-corrected chi connectivity index (χ0v) is 14.8. The van der Waals surface area contributed by atoms with Crippen molar-refractivity contribution in [1.29, 1.82) is 0 Å². The number of likely N-dealkylation sites (N-methyl/N-ethyl adjacent to an activating group) is 1. The summed E-state index contributed by atoms with van der Waals surface area (Å²) >= 11 is 0. The van der Waals surface area contributed by atoms with Gasteiger partial charge in [0.25, 0.3) is 0 Å². The molecular formula is C16H28N6O2. The number of anilines is 1. The van der Waals surface area contributed by atoms with Gasteiger partial charge in [-0.25, -0.2) is 4.79 Å². The van der Waals surface area contributed by atoms with Gasteiger partial charge < -0.3 is 20.4 Å². The van der Waals surface area contributed by atoms with Crippen LogP contribution >= 0.6 is 0 Å². The summed E-state index contributed by atoms with van der Waals surface area (Å²) in [5, 5.41) is 9.72. The summed E-state index contributed by atoms with van der Waals surface area (Å²) in [5.41, 5.74) is 0.679. The van der Waals surface area contributed by atoms with Gasteiger partial charge in [-0.15, -0.1) is 0 Å². The summed E-state index contributed by atoms with van der Waals surface area (Å²) < 4.78 is 1.75. The van der Waals surface area contributed by atoms with E-state index in [2.05, 4.69) is 20.6 Å². The topological polar surface area (TPSA) is 82.5 Å². The molecule has 24 heavy (non-hydrogen) atoms. The molecule has 1 saturated heterocycles. The number of aromatic nitrogens is 2. The van der Waals surface area contributed by atoms with Gasteiger partial charge >= 0.3 is 6.03 Å². The van der Waals surface area contributed by atoms with Crippen molar-refractivity contribution in [3.63, 3.8) is 0 Å². The van der Waals surface area contributed by atoms with Crippen molar-refractivity contribution in [2.24, 2.45) is 0 Å². The molecule has 2 heterocycles. The fraction of sp³-hybridized carbons (Fsp3) is 0.688. The molecule has 8 nitrogen and oxygen atoms in total. The summed E-state index contributed by atoms with van der Waals surface area (Å²) in [7, 11) is 4.00. The number of urea groups is 1. The molecule has 0 spiro atoms. The molecule has 1 aromatic heterocycles. The van der Waals surface area contributed by atoms with Crippen LogP contribution in [-0.2, 0) is 11.3 Å². The zero-order chi connectivity index (χ0) is 17.5. The molecule has 1 fully saturated rings. The lowest BCUT2D eigenvalue weighted by atomic mass is 10.1. The van der Waals surface area contributed by atoms with Crippen LogP contribution in [0.25, 0.3) is 0 Å². The van der Waals surface area contributed by atoms with Crippen molar-refractivity contribution >= 4 is 17.6 Å². The predicted octanol–water partition coefficient (Wildman–Crippen LogP) is 0.967. The summed E-state index contributed by atoms with van der Waals surface area (Å²) in [6.45, 7) is 4.91. The lowest BCUT2D eigenvalue weighted by Crippen LogP contribution is -2.40. The van der Waals surface area contributed by atoms with E-state index in [1.807, 2.05) is 25.9 Å². The van der Waals surface area contributed by atoms with E-state index in [4.69, 9.17) is 0 Å². The third-order valence-corrected chi connectivity index (χ3v) is 4.22. The lowest BCUT2D eigenvalue weighted by Gasteiger charge is -2.26. The van der Waals surface area contributed by atoms with Crippen LogP contribution in [0.15, 0.2) is 12.4 Å². The molecule has 0 aromatic carbocycles. The highest BCUT2D eigenvalue weighted by molar-refractivity contribution is 5.88. The van der Waals surface area contributed by atoms with Crippen molar-refractivity contribution in [2.75, 3.05) is 39.0 Å². The van der Waals surface area contributed by atoms with E-state index in [1.165, 1.54) is 0 Å². The van der Waals surface area contributed by atoms with Gasteiger partial charge in [0, 0.05) is 44.8 Å². The monoisotopic (exact) mass is 336 g/mol. The standard InChI is InChI=1S/C16H28N6O2/c1-4-21-12-13(11-18-21)19-16(24)17-8-7-14-5-6-15(23)22(14)10-9-20(2)3/h11-12,14H,4-10H2,1-3H3,(H2,17,19,24)/t14-/m0/s1. The summed E-state index contributed by atoms with van der Waals surface area (Å²) in [6.07, 6.45) is 5.68. The molecule has 0 aliphatic carbocycles. The smallest absolute Gasteiger partial charge is 0.319 e. The van der Waals surface area contributed by atoms with E-state index in [1.54, 1.807) is 17.1 Å². The van der Waals surface area contributed by atoms with Gasteiger partial charge in [-0.2, -0.15) is 5.10 Å². The normalized spacial score (nSPS) is 17.6. The highest BCUT2D eigenvalue weighted by atomic mass is 16.2. The zero-order valence-electron chi connectivity index (χ0n) is 14.8. The van der Waals surface area contributed by atoms with E-state index in [0.717, 1.165) is 32.5 Å². The van der Waals surface area contributed by atoms with E-state index in [9.17, 15) is 9.59 Å². The summed E-state index contributed by atoms with van der Waals surface area (Å²) in [6, 6.07) is -0.0181. The second-order valence-corrected chi connectivity index (χ2v) is 6.34. The number of amides is 3. The van der Waals surface area contributed by atoms with Gasteiger partial charge in [-0.3, -0.25) is 9.48 Å². The number of hydrogen-bond donors (Lipinski definition) is 2. The van der Waals surface area contributed by atoms with Crippen LogP contribution in [0.1, 0.15) is 26.2 Å². The maximum absolute atomic E-state index is 12.0. The van der Waals surface area contributed by atoms with Crippen molar-refractivity contribution in [3.05, 3.63) is 12.4 Å². The number of carbonyl (C=O) groups excluding carboxylic acids is 2. The third-order valence-electron chi connectivity index (χ3n) is 4.22. The highest BCUT2D eigenvalue weighted by Crippen LogP contribution is 2.20. The highest BCUT2D eigenvalue weighted by Gasteiger charge is 2.30. The Labute approximate surface area is 143 Å². The van der Waals surface area contributed by atoms with Crippen LogP contribution < -0.4 is 10.6 Å². The molecule has 0 unspecified atom stereocenters. The van der Waals surface area contributed by atoms with Gasteiger partial charge in [-0.1, -0.05) is 0 Å². The van der Waals surface area contributed by atoms with Gasteiger partial charge in [0.15, 0.2) is 0 Å². The Morgan fingerprint density at radius 1 is 1.46 bits per heavy atom. The first-order valence-corrected chi connectivity index (χ1v) is 8.51. The van der Waals surface area contributed by atoms with Crippen molar-refractivity contribution in [2.45, 2.75) is 38.8 Å². The molecule has 0 bridgehead atoms. The van der Waals surface area contributed by atoms with Crippen LogP contribution in [0.3, 0.4) is 0 Å². The molecule has 0 saturated carbocycles. The second-order valence-electron chi connectivity index (χ2n) is 6.34. The first-order valence-electron chi connectivity index (χ1n) is 8.51.